The summed E-state index contributed by atoms with van der Waals surface area (Å²) in [6.45, 7) is 0. The van der Waals surface area contributed by atoms with Crippen LogP contribution in [0.5, 0.6) is 0 Å². The molecule has 6 rings (SSSR count). The van der Waals surface area contributed by atoms with Crippen molar-refractivity contribution in [2.75, 3.05) is 5.32 Å². The number of anilines is 1. The highest BCUT2D eigenvalue weighted by molar-refractivity contribution is 7.13. The predicted octanol–water partition coefficient (Wildman–Crippen LogP) is 6.74. The number of amides is 2. The van der Waals surface area contributed by atoms with Gasteiger partial charge in [0.05, 0.1) is 5.69 Å². The number of thiazole rings is 1. The van der Waals surface area contributed by atoms with Gasteiger partial charge in [-0.25, -0.2) is 9.78 Å². The molecule has 2 fully saturated rings. The predicted molar refractivity (Wildman–Crippen MR) is 166 cm³/mol. The molecule has 42 heavy (non-hydrogen) atoms. The average Bonchev–Trinajstić information content (AvgIpc) is 3.80. The molecule has 0 unspecified atom stereocenters. The molecule has 0 aliphatic heterocycles. The number of benzene rings is 2. The molecule has 2 saturated carbocycles. The van der Waals surface area contributed by atoms with Gasteiger partial charge in [0.15, 0.2) is 0 Å². The SMILES string of the molecule is Cn1c(-c2nccs2)c(C2CCCC2)c2ccc(C(=O)NC3(C(=O)Nc4ccc(/C=C/C(=O)O)cc4)CCCC3)cc21. The lowest BCUT2D eigenvalue weighted by Gasteiger charge is -2.29. The van der Waals surface area contributed by atoms with Gasteiger partial charge in [0.25, 0.3) is 5.91 Å². The van der Waals surface area contributed by atoms with E-state index >= 15 is 0 Å². The van der Waals surface area contributed by atoms with Crippen LogP contribution in [0.25, 0.3) is 27.7 Å². The first-order chi connectivity index (χ1) is 20.3. The topological polar surface area (TPSA) is 113 Å². The fourth-order valence-electron chi connectivity index (χ4n) is 6.61. The fourth-order valence-corrected chi connectivity index (χ4v) is 7.34. The lowest BCUT2D eigenvalue weighted by atomic mass is 9.93. The Balaban J connectivity index is 1.26. The van der Waals surface area contributed by atoms with Crippen molar-refractivity contribution in [1.82, 2.24) is 14.9 Å². The third-order valence-corrected chi connectivity index (χ3v) is 9.51. The van der Waals surface area contributed by atoms with Crippen molar-refractivity contribution in [3.63, 3.8) is 0 Å². The number of aromatic nitrogens is 2. The van der Waals surface area contributed by atoms with E-state index in [1.165, 1.54) is 42.7 Å². The number of carboxylic acids is 1. The number of nitrogens with zero attached hydrogens (tertiary/aromatic N) is 2. The summed E-state index contributed by atoms with van der Waals surface area (Å²) in [5.41, 5.74) is 4.31. The van der Waals surface area contributed by atoms with Gasteiger partial charge in [0.1, 0.15) is 10.5 Å². The van der Waals surface area contributed by atoms with Gasteiger partial charge < -0.3 is 20.3 Å². The minimum atomic E-state index is -1.02. The standard InChI is InChI=1S/C33H34N4O4S/c1-37-26-20-23(11-14-25(26)28(22-6-2-3-7-22)29(37)31-34-18-19-42-31)30(40)36-33(16-4-5-17-33)32(41)35-24-12-8-21(9-13-24)10-15-27(38)39/h8-15,18-20,22H,2-7,16-17H2,1H3,(H,35,41)(H,36,40)(H,38,39)/b15-10+. The van der Waals surface area contributed by atoms with Gasteiger partial charge in [-0.15, -0.1) is 11.3 Å². The van der Waals surface area contributed by atoms with Crippen molar-refractivity contribution >= 4 is 51.8 Å². The highest BCUT2D eigenvalue weighted by atomic mass is 32.1. The zero-order valence-electron chi connectivity index (χ0n) is 23.6. The van der Waals surface area contributed by atoms with Crippen molar-refractivity contribution in [2.24, 2.45) is 7.05 Å². The Morgan fingerprint density at radius 3 is 2.45 bits per heavy atom. The van der Waals surface area contributed by atoms with Crippen LogP contribution in [0, 0.1) is 0 Å². The Hall–Kier alpha value is -4.24. The molecule has 0 saturated heterocycles. The van der Waals surface area contributed by atoms with Crippen LogP contribution in [-0.4, -0.2) is 38.0 Å². The van der Waals surface area contributed by atoms with E-state index in [2.05, 4.69) is 26.3 Å². The van der Waals surface area contributed by atoms with E-state index in [9.17, 15) is 14.4 Å². The lowest BCUT2D eigenvalue weighted by molar-refractivity contribution is -0.131. The molecule has 9 heteroatoms. The summed E-state index contributed by atoms with van der Waals surface area (Å²) in [6, 6.07) is 12.8. The van der Waals surface area contributed by atoms with Crippen LogP contribution in [0.4, 0.5) is 5.69 Å². The van der Waals surface area contributed by atoms with Crippen molar-refractivity contribution in [1.29, 1.82) is 0 Å². The maximum Gasteiger partial charge on any atom is 0.328 e. The second-order valence-electron chi connectivity index (χ2n) is 11.4. The van der Waals surface area contributed by atoms with Crippen molar-refractivity contribution in [3.8, 4) is 10.7 Å². The van der Waals surface area contributed by atoms with E-state index in [1.807, 2.05) is 30.8 Å². The molecule has 2 heterocycles. The number of carbonyl (C=O) groups is 3. The van der Waals surface area contributed by atoms with Gasteiger partial charge in [0.2, 0.25) is 5.91 Å². The van der Waals surface area contributed by atoms with Crippen molar-refractivity contribution in [2.45, 2.75) is 62.8 Å². The van der Waals surface area contributed by atoms with E-state index in [-0.39, 0.29) is 11.8 Å². The van der Waals surface area contributed by atoms with Gasteiger partial charge >= 0.3 is 5.97 Å². The van der Waals surface area contributed by atoms with Gasteiger partial charge in [-0.2, -0.15) is 0 Å². The molecule has 0 atom stereocenters. The molecule has 2 aliphatic rings. The Labute approximate surface area is 248 Å². The summed E-state index contributed by atoms with van der Waals surface area (Å²) in [5, 5.41) is 19.1. The molecular weight excluding hydrogens is 548 g/mol. The summed E-state index contributed by atoms with van der Waals surface area (Å²) in [6.07, 6.45) is 12.0. The average molecular weight is 583 g/mol. The van der Waals surface area contributed by atoms with Crippen LogP contribution >= 0.6 is 11.3 Å². The van der Waals surface area contributed by atoms with Crippen molar-refractivity contribution < 1.29 is 19.5 Å². The normalized spacial score (nSPS) is 16.8. The lowest BCUT2D eigenvalue weighted by Crippen LogP contribution is -2.55. The van der Waals surface area contributed by atoms with E-state index in [1.54, 1.807) is 35.6 Å². The smallest absolute Gasteiger partial charge is 0.328 e. The number of hydrogen-bond donors (Lipinski definition) is 3. The van der Waals surface area contributed by atoms with Crippen LogP contribution in [-0.2, 0) is 16.6 Å². The van der Waals surface area contributed by atoms with Crippen LogP contribution in [0.2, 0.25) is 0 Å². The zero-order valence-corrected chi connectivity index (χ0v) is 24.4. The number of rotatable bonds is 8. The highest BCUT2D eigenvalue weighted by Gasteiger charge is 2.42. The van der Waals surface area contributed by atoms with E-state index in [0.717, 1.165) is 35.1 Å². The van der Waals surface area contributed by atoms with E-state index in [0.29, 0.717) is 35.6 Å². The molecule has 2 amide bonds. The Kier molecular flexibility index (Phi) is 7.68. The highest BCUT2D eigenvalue weighted by Crippen LogP contribution is 2.45. The molecule has 2 aliphatic carbocycles. The number of hydrogen-bond acceptors (Lipinski definition) is 5. The summed E-state index contributed by atoms with van der Waals surface area (Å²) in [5.74, 6) is -1.04. The molecule has 2 aromatic carbocycles. The van der Waals surface area contributed by atoms with Crippen LogP contribution in [0.1, 0.15) is 78.8 Å². The minimum absolute atomic E-state index is 0.239. The maximum atomic E-state index is 13.7. The van der Waals surface area contributed by atoms with Crippen LogP contribution < -0.4 is 10.6 Å². The summed E-state index contributed by atoms with van der Waals surface area (Å²) in [7, 11) is 2.05. The third kappa shape index (κ3) is 5.36. The Morgan fingerprint density at radius 2 is 1.79 bits per heavy atom. The van der Waals surface area contributed by atoms with Crippen LogP contribution in [0.15, 0.2) is 60.1 Å². The van der Waals surface area contributed by atoms with Crippen molar-refractivity contribution in [3.05, 3.63) is 76.8 Å². The maximum absolute atomic E-state index is 13.7. The quantitative estimate of drug-likeness (QED) is 0.199. The number of aryl methyl sites for hydroxylation is 1. The number of aliphatic carboxylic acids is 1. The number of carboxylic acid groups (broad SMARTS) is 1. The van der Waals surface area contributed by atoms with Gasteiger partial charge in [-0.3, -0.25) is 9.59 Å². The molecule has 2 aromatic heterocycles. The second kappa shape index (κ2) is 11.6. The summed E-state index contributed by atoms with van der Waals surface area (Å²) >= 11 is 1.64. The van der Waals surface area contributed by atoms with Gasteiger partial charge in [0, 0.05) is 46.9 Å². The third-order valence-electron chi connectivity index (χ3n) is 8.73. The Morgan fingerprint density at radius 1 is 1.05 bits per heavy atom. The molecule has 4 aromatic rings. The largest absolute Gasteiger partial charge is 0.478 e. The monoisotopic (exact) mass is 582 g/mol. The number of carbonyl (C=O) groups excluding carboxylic acids is 2. The molecule has 0 radical (unpaired) electrons. The molecular formula is C33H34N4O4S. The molecule has 0 spiro atoms. The number of nitrogens with one attached hydrogen (secondary N) is 2. The zero-order chi connectivity index (χ0) is 29.3. The van der Waals surface area contributed by atoms with E-state index in [4.69, 9.17) is 5.11 Å². The van der Waals surface area contributed by atoms with E-state index < -0.39 is 11.5 Å². The molecule has 0 bridgehead atoms. The second-order valence-corrected chi connectivity index (χ2v) is 12.3. The van der Waals surface area contributed by atoms with Gasteiger partial charge in [-0.1, -0.05) is 43.9 Å². The molecule has 3 N–H and O–H groups in total. The van der Waals surface area contributed by atoms with Crippen LogP contribution in [0.3, 0.4) is 0 Å². The first-order valence-corrected chi connectivity index (χ1v) is 15.4. The van der Waals surface area contributed by atoms with Gasteiger partial charge in [-0.05, 0) is 73.1 Å². The summed E-state index contributed by atoms with van der Waals surface area (Å²) in [4.78, 5) is 42.7. The first kappa shape index (κ1) is 27.9. The fraction of sp³-hybridized carbons (Fsp3) is 0.333. The first-order valence-electron chi connectivity index (χ1n) is 14.5. The Bertz CT molecular complexity index is 1660. The number of fused-ring (bicyclic) bond motifs is 1. The molecule has 216 valence electrons. The molecule has 8 nitrogen and oxygen atoms in total. The summed E-state index contributed by atoms with van der Waals surface area (Å²) < 4.78 is 2.17. The minimum Gasteiger partial charge on any atom is -0.478 e.